The van der Waals surface area contributed by atoms with Crippen molar-refractivity contribution in [2.45, 2.75) is 39.3 Å². The molecular formula is C14H21N5O2. The first-order valence-electron chi connectivity index (χ1n) is 7.36. The van der Waals surface area contributed by atoms with Crippen molar-refractivity contribution in [1.82, 2.24) is 25.2 Å². The Labute approximate surface area is 123 Å². The fourth-order valence-corrected chi connectivity index (χ4v) is 2.55. The van der Waals surface area contributed by atoms with Gasteiger partial charge in [-0.15, -0.1) is 0 Å². The number of hydrogen-bond acceptors (Lipinski definition) is 6. The van der Waals surface area contributed by atoms with E-state index in [4.69, 9.17) is 9.26 Å². The van der Waals surface area contributed by atoms with Crippen LogP contribution in [0.4, 0.5) is 0 Å². The molecule has 0 spiro atoms. The highest BCUT2D eigenvalue weighted by Crippen LogP contribution is 2.29. The summed E-state index contributed by atoms with van der Waals surface area (Å²) in [5, 5.41) is 11.8. The zero-order chi connectivity index (χ0) is 14.8. The van der Waals surface area contributed by atoms with E-state index in [9.17, 15) is 0 Å². The Balaban J connectivity index is 1.96. The number of ether oxygens (including phenoxy) is 1. The standard InChI is InChI=1S/C14H21N5O2/c1-9(2)19-11-5-7-20-8-10(11)13(17-19)14-16-12(18-21-14)4-6-15-3/h9,15H,4-8H2,1-3H3. The normalized spacial score (nSPS) is 14.7. The van der Waals surface area contributed by atoms with Gasteiger partial charge in [0.05, 0.1) is 13.2 Å². The fourth-order valence-electron chi connectivity index (χ4n) is 2.55. The van der Waals surface area contributed by atoms with E-state index >= 15 is 0 Å². The number of likely N-dealkylation sites (N-methyl/N-ethyl adjacent to an activating group) is 1. The largest absolute Gasteiger partial charge is 0.376 e. The number of aromatic nitrogens is 4. The second-order valence-corrected chi connectivity index (χ2v) is 5.48. The molecule has 0 bridgehead atoms. The zero-order valence-corrected chi connectivity index (χ0v) is 12.7. The van der Waals surface area contributed by atoms with Crippen LogP contribution in [0.2, 0.25) is 0 Å². The SMILES string of the molecule is CNCCc1noc(-c2nn(C(C)C)c3c2COCC3)n1. The summed E-state index contributed by atoms with van der Waals surface area (Å²) in [4.78, 5) is 4.45. The molecule has 1 aliphatic rings. The second-order valence-electron chi connectivity index (χ2n) is 5.48. The van der Waals surface area contributed by atoms with Gasteiger partial charge in [0.25, 0.3) is 5.89 Å². The third kappa shape index (κ3) is 2.71. The van der Waals surface area contributed by atoms with Crippen LogP contribution in [0, 0.1) is 0 Å². The molecule has 2 aromatic rings. The smallest absolute Gasteiger partial charge is 0.278 e. The van der Waals surface area contributed by atoms with Crippen LogP contribution in [0.3, 0.4) is 0 Å². The van der Waals surface area contributed by atoms with Crippen LogP contribution in [-0.4, -0.2) is 40.1 Å². The van der Waals surface area contributed by atoms with Crippen molar-refractivity contribution >= 4 is 0 Å². The predicted octanol–water partition coefficient (Wildman–Crippen LogP) is 1.35. The van der Waals surface area contributed by atoms with E-state index < -0.39 is 0 Å². The minimum absolute atomic E-state index is 0.303. The summed E-state index contributed by atoms with van der Waals surface area (Å²) in [6.07, 6.45) is 1.62. The van der Waals surface area contributed by atoms with Gasteiger partial charge in [0.2, 0.25) is 0 Å². The van der Waals surface area contributed by atoms with Gasteiger partial charge in [-0.2, -0.15) is 10.1 Å². The van der Waals surface area contributed by atoms with E-state index in [0.717, 1.165) is 37.3 Å². The van der Waals surface area contributed by atoms with Crippen LogP contribution in [0.5, 0.6) is 0 Å². The van der Waals surface area contributed by atoms with Gasteiger partial charge in [-0.1, -0.05) is 5.16 Å². The highest BCUT2D eigenvalue weighted by molar-refractivity contribution is 5.55. The van der Waals surface area contributed by atoms with E-state index in [2.05, 4.69) is 34.4 Å². The van der Waals surface area contributed by atoms with Gasteiger partial charge < -0.3 is 14.6 Å². The maximum Gasteiger partial charge on any atom is 0.278 e. The van der Waals surface area contributed by atoms with Gasteiger partial charge in [0, 0.05) is 36.7 Å². The number of hydrogen-bond donors (Lipinski definition) is 1. The highest BCUT2D eigenvalue weighted by Gasteiger charge is 2.26. The molecule has 0 aromatic carbocycles. The Hall–Kier alpha value is -1.73. The summed E-state index contributed by atoms with van der Waals surface area (Å²) < 4.78 is 13.0. The molecule has 0 saturated heterocycles. The second kappa shape index (κ2) is 5.95. The van der Waals surface area contributed by atoms with Gasteiger partial charge in [0.15, 0.2) is 11.5 Å². The fraction of sp³-hybridized carbons (Fsp3) is 0.643. The first kappa shape index (κ1) is 14.2. The predicted molar refractivity (Wildman–Crippen MR) is 76.9 cm³/mol. The topological polar surface area (TPSA) is 78.0 Å². The lowest BCUT2D eigenvalue weighted by molar-refractivity contribution is 0.108. The third-order valence-corrected chi connectivity index (χ3v) is 3.61. The van der Waals surface area contributed by atoms with Crippen LogP contribution >= 0.6 is 0 Å². The van der Waals surface area contributed by atoms with Crippen molar-refractivity contribution in [2.75, 3.05) is 20.2 Å². The number of fused-ring (bicyclic) bond motifs is 1. The molecule has 0 aliphatic carbocycles. The van der Waals surface area contributed by atoms with Crippen LogP contribution in [0.25, 0.3) is 11.6 Å². The Morgan fingerprint density at radius 2 is 2.24 bits per heavy atom. The quantitative estimate of drug-likeness (QED) is 0.896. The molecule has 0 saturated carbocycles. The maximum absolute atomic E-state index is 5.57. The molecular weight excluding hydrogens is 270 g/mol. The van der Waals surface area contributed by atoms with Crippen LogP contribution in [0.1, 0.15) is 37.0 Å². The average molecular weight is 291 g/mol. The first-order chi connectivity index (χ1) is 10.2. The molecule has 3 heterocycles. The molecule has 0 radical (unpaired) electrons. The minimum atomic E-state index is 0.303. The highest BCUT2D eigenvalue weighted by atomic mass is 16.5. The lowest BCUT2D eigenvalue weighted by Gasteiger charge is -2.16. The molecule has 1 N–H and O–H groups in total. The minimum Gasteiger partial charge on any atom is -0.376 e. The lowest BCUT2D eigenvalue weighted by atomic mass is 10.1. The monoisotopic (exact) mass is 291 g/mol. The summed E-state index contributed by atoms with van der Waals surface area (Å²) in [6, 6.07) is 0.303. The van der Waals surface area contributed by atoms with Crippen LogP contribution in [-0.2, 0) is 24.2 Å². The average Bonchev–Trinajstić information content (AvgIpc) is 3.09. The van der Waals surface area contributed by atoms with Crippen molar-refractivity contribution in [3.8, 4) is 11.6 Å². The number of nitrogens with one attached hydrogen (secondary N) is 1. The van der Waals surface area contributed by atoms with Crippen molar-refractivity contribution in [1.29, 1.82) is 0 Å². The van der Waals surface area contributed by atoms with Crippen LogP contribution < -0.4 is 5.32 Å². The molecule has 0 fully saturated rings. The Kier molecular flexibility index (Phi) is 4.03. The molecule has 3 rings (SSSR count). The van der Waals surface area contributed by atoms with E-state index in [1.807, 2.05) is 11.7 Å². The lowest BCUT2D eigenvalue weighted by Crippen LogP contribution is -2.15. The van der Waals surface area contributed by atoms with Gasteiger partial charge in [-0.25, -0.2) is 0 Å². The molecule has 7 heteroatoms. The molecule has 0 amide bonds. The van der Waals surface area contributed by atoms with Crippen molar-refractivity contribution in [3.63, 3.8) is 0 Å². The third-order valence-electron chi connectivity index (χ3n) is 3.61. The van der Waals surface area contributed by atoms with E-state index in [1.54, 1.807) is 0 Å². The molecule has 0 unspecified atom stereocenters. The summed E-state index contributed by atoms with van der Waals surface area (Å²) in [6.45, 7) is 6.37. The molecule has 7 nitrogen and oxygen atoms in total. The van der Waals surface area contributed by atoms with Gasteiger partial charge in [-0.3, -0.25) is 4.68 Å². The summed E-state index contributed by atoms with van der Waals surface area (Å²) in [5.41, 5.74) is 3.07. The van der Waals surface area contributed by atoms with Crippen molar-refractivity contribution in [2.24, 2.45) is 0 Å². The molecule has 2 aromatic heterocycles. The maximum atomic E-state index is 5.57. The molecule has 114 valence electrons. The molecule has 0 atom stereocenters. The van der Waals surface area contributed by atoms with Crippen molar-refractivity contribution < 1.29 is 9.26 Å². The summed E-state index contributed by atoms with van der Waals surface area (Å²) >= 11 is 0. The van der Waals surface area contributed by atoms with Crippen molar-refractivity contribution in [3.05, 3.63) is 17.1 Å². The Morgan fingerprint density at radius 1 is 1.38 bits per heavy atom. The van der Waals surface area contributed by atoms with Gasteiger partial charge >= 0.3 is 0 Å². The Morgan fingerprint density at radius 3 is 3.00 bits per heavy atom. The molecule has 1 aliphatic heterocycles. The number of rotatable bonds is 5. The van der Waals surface area contributed by atoms with E-state index in [-0.39, 0.29) is 0 Å². The van der Waals surface area contributed by atoms with E-state index in [0.29, 0.717) is 24.4 Å². The van der Waals surface area contributed by atoms with Crippen LogP contribution in [0.15, 0.2) is 4.52 Å². The zero-order valence-electron chi connectivity index (χ0n) is 12.7. The van der Waals surface area contributed by atoms with Gasteiger partial charge in [-0.05, 0) is 20.9 Å². The number of nitrogens with zero attached hydrogens (tertiary/aromatic N) is 4. The van der Waals surface area contributed by atoms with E-state index in [1.165, 1.54) is 5.69 Å². The summed E-state index contributed by atoms with van der Waals surface area (Å²) in [5.74, 6) is 1.19. The summed E-state index contributed by atoms with van der Waals surface area (Å²) in [7, 11) is 1.90. The molecule has 21 heavy (non-hydrogen) atoms. The first-order valence-corrected chi connectivity index (χ1v) is 7.36. The Bertz CT molecular complexity index is 617. The van der Waals surface area contributed by atoms with Gasteiger partial charge in [0.1, 0.15) is 0 Å².